The van der Waals surface area contributed by atoms with Crippen LogP contribution >= 0.6 is 27.5 Å². The van der Waals surface area contributed by atoms with Crippen LogP contribution in [0.5, 0.6) is 0 Å². The number of nitrogens with one attached hydrogen (secondary N) is 1. The number of pyridine rings is 1. The molecule has 0 radical (unpaired) electrons. The van der Waals surface area contributed by atoms with Crippen molar-refractivity contribution in [3.8, 4) is 0 Å². The summed E-state index contributed by atoms with van der Waals surface area (Å²) in [4.78, 5) is 4.15. The van der Waals surface area contributed by atoms with Crippen molar-refractivity contribution in [2.24, 2.45) is 0 Å². The molecule has 1 aromatic carbocycles. The molecule has 0 aliphatic carbocycles. The Bertz CT molecular complexity index is 600. The Hall–Kier alpha value is -1.27. The van der Waals surface area contributed by atoms with E-state index in [0.717, 1.165) is 22.3 Å². The summed E-state index contributed by atoms with van der Waals surface area (Å²) in [5.41, 5.74) is 0.420. The molecule has 1 heterocycles. The highest BCUT2D eigenvalue weighted by molar-refractivity contribution is 9.10. The average molecular weight is 366 g/mol. The van der Waals surface area contributed by atoms with Gasteiger partial charge in [-0.1, -0.05) is 11.6 Å². The first-order valence-electron chi connectivity index (χ1n) is 5.57. The third-order valence-electron chi connectivity index (χ3n) is 2.55. The van der Waals surface area contributed by atoms with Crippen molar-refractivity contribution in [2.45, 2.75) is 12.7 Å². The fraction of sp³-hybridized carbons (Fsp3) is 0.154. The number of hydrogen-bond donors (Lipinski definition) is 1. The summed E-state index contributed by atoms with van der Waals surface area (Å²) in [6, 6.07) is 6.83. The first kappa shape index (κ1) is 15.1. The number of hydrogen-bond acceptors (Lipinski definition) is 2. The highest BCUT2D eigenvalue weighted by Crippen LogP contribution is 2.33. The van der Waals surface area contributed by atoms with Gasteiger partial charge in [0.1, 0.15) is 0 Å². The standard InChI is InChI=1S/C13H9BrClF3N2/c14-9-2-3-10(19-6-9)7-20-12-4-1-8(5-11(12)15)13(16,17)18/h1-6,20H,7H2. The van der Waals surface area contributed by atoms with E-state index in [4.69, 9.17) is 11.6 Å². The number of halogens is 5. The van der Waals surface area contributed by atoms with Gasteiger partial charge in [0.25, 0.3) is 0 Å². The minimum Gasteiger partial charge on any atom is -0.378 e. The zero-order valence-corrected chi connectivity index (χ0v) is 12.4. The zero-order chi connectivity index (χ0) is 14.8. The van der Waals surface area contributed by atoms with Crippen LogP contribution in [0.1, 0.15) is 11.3 Å². The lowest BCUT2D eigenvalue weighted by atomic mass is 10.2. The highest BCUT2D eigenvalue weighted by Gasteiger charge is 2.30. The van der Waals surface area contributed by atoms with Gasteiger partial charge in [0.2, 0.25) is 0 Å². The smallest absolute Gasteiger partial charge is 0.378 e. The van der Waals surface area contributed by atoms with Crippen LogP contribution in [0.3, 0.4) is 0 Å². The van der Waals surface area contributed by atoms with Crippen molar-refractivity contribution >= 4 is 33.2 Å². The van der Waals surface area contributed by atoms with Gasteiger partial charge in [-0.25, -0.2) is 0 Å². The molecule has 0 unspecified atom stereocenters. The van der Waals surface area contributed by atoms with E-state index in [2.05, 4.69) is 26.2 Å². The van der Waals surface area contributed by atoms with Gasteiger partial charge in [0.05, 0.1) is 28.5 Å². The maximum Gasteiger partial charge on any atom is 0.416 e. The largest absolute Gasteiger partial charge is 0.416 e. The lowest BCUT2D eigenvalue weighted by molar-refractivity contribution is -0.137. The second-order valence-electron chi connectivity index (χ2n) is 4.01. The fourth-order valence-corrected chi connectivity index (χ4v) is 2.01. The predicted molar refractivity (Wildman–Crippen MR) is 75.7 cm³/mol. The van der Waals surface area contributed by atoms with Gasteiger partial charge in [0, 0.05) is 10.7 Å². The topological polar surface area (TPSA) is 24.9 Å². The van der Waals surface area contributed by atoms with Crippen LogP contribution in [0.25, 0.3) is 0 Å². The van der Waals surface area contributed by atoms with Crippen LogP contribution in [-0.4, -0.2) is 4.98 Å². The molecule has 0 saturated heterocycles. The van der Waals surface area contributed by atoms with Crippen molar-refractivity contribution in [1.29, 1.82) is 0 Å². The summed E-state index contributed by atoms with van der Waals surface area (Å²) in [5, 5.41) is 2.98. The molecule has 2 aromatic rings. The van der Waals surface area contributed by atoms with Gasteiger partial charge in [-0.2, -0.15) is 13.2 Å². The lowest BCUT2D eigenvalue weighted by Crippen LogP contribution is -2.06. The normalized spacial score (nSPS) is 11.4. The first-order valence-corrected chi connectivity index (χ1v) is 6.74. The Labute approximate surface area is 127 Å². The summed E-state index contributed by atoms with van der Waals surface area (Å²) < 4.78 is 38.3. The average Bonchev–Trinajstić information content (AvgIpc) is 2.38. The van der Waals surface area contributed by atoms with Crippen molar-refractivity contribution < 1.29 is 13.2 Å². The number of alkyl halides is 3. The predicted octanol–water partition coefficient (Wildman–Crippen LogP) is 5.13. The van der Waals surface area contributed by atoms with Gasteiger partial charge < -0.3 is 5.32 Å². The van der Waals surface area contributed by atoms with Crippen LogP contribution in [0.4, 0.5) is 18.9 Å². The zero-order valence-electron chi connectivity index (χ0n) is 10.0. The van der Waals surface area contributed by atoms with Crippen molar-refractivity contribution in [1.82, 2.24) is 4.98 Å². The van der Waals surface area contributed by atoms with E-state index >= 15 is 0 Å². The Kier molecular flexibility index (Phi) is 4.55. The molecular formula is C13H9BrClF3N2. The van der Waals surface area contributed by atoms with Crippen LogP contribution in [0, 0.1) is 0 Å². The Morgan fingerprint density at radius 1 is 1.20 bits per heavy atom. The minimum atomic E-state index is -4.39. The van der Waals surface area contributed by atoms with E-state index in [1.54, 1.807) is 12.3 Å². The summed E-state index contributed by atoms with van der Waals surface area (Å²) >= 11 is 9.11. The van der Waals surface area contributed by atoms with Crippen LogP contribution in [-0.2, 0) is 12.7 Å². The molecular weight excluding hydrogens is 357 g/mol. The van der Waals surface area contributed by atoms with Gasteiger partial charge in [-0.15, -0.1) is 0 Å². The molecule has 0 aliphatic heterocycles. The van der Waals surface area contributed by atoms with E-state index in [1.165, 1.54) is 6.07 Å². The monoisotopic (exact) mass is 364 g/mol. The number of nitrogens with zero attached hydrogens (tertiary/aromatic N) is 1. The Morgan fingerprint density at radius 3 is 2.50 bits per heavy atom. The SMILES string of the molecule is FC(F)(F)c1ccc(NCc2ccc(Br)cn2)c(Cl)c1. The summed E-state index contributed by atoms with van der Waals surface area (Å²) in [6.07, 6.45) is -2.75. The summed E-state index contributed by atoms with van der Waals surface area (Å²) in [7, 11) is 0. The van der Waals surface area contributed by atoms with E-state index in [-0.39, 0.29) is 5.02 Å². The van der Waals surface area contributed by atoms with Crippen LogP contribution < -0.4 is 5.32 Å². The van der Waals surface area contributed by atoms with Crippen molar-refractivity contribution in [2.75, 3.05) is 5.32 Å². The molecule has 0 spiro atoms. The Balaban J connectivity index is 2.08. The molecule has 0 amide bonds. The number of benzene rings is 1. The molecule has 0 atom stereocenters. The third kappa shape index (κ3) is 3.86. The number of aromatic nitrogens is 1. The summed E-state index contributed by atoms with van der Waals surface area (Å²) in [6.45, 7) is 0.373. The van der Waals surface area contributed by atoms with E-state index in [0.29, 0.717) is 12.2 Å². The molecule has 0 fully saturated rings. The van der Waals surface area contributed by atoms with Crippen LogP contribution in [0.15, 0.2) is 41.0 Å². The molecule has 20 heavy (non-hydrogen) atoms. The maximum absolute atomic E-state index is 12.5. The highest BCUT2D eigenvalue weighted by atomic mass is 79.9. The van der Waals surface area contributed by atoms with Gasteiger partial charge in [-0.05, 0) is 46.3 Å². The van der Waals surface area contributed by atoms with E-state index < -0.39 is 11.7 Å². The lowest BCUT2D eigenvalue weighted by Gasteiger charge is -2.11. The molecule has 0 saturated carbocycles. The van der Waals surface area contributed by atoms with Gasteiger partial charge >= 0.3 is 6.18 Å². The first-order chi connectivity index (χ1) is 9.36. The molecule has 1 N–H and O–H groups in total. The molecule has 7 heteroatoms. The summed E-state index contributed by atoms with van der Waals surface area (Å²) in [5.74, 6) is 0. The molecule has 2 rings (SSSR count). The van der Waals surface area contributed by atoms with E-state index in [1.807, 2.05) is 6.07 Å². The van der Waals surface area contributed by atoms with Crippen LogP contribution in [0.2, 0.25) is 5.02 Å². The second-order valence-corrected chi connectivity index (χ2v) is 5.34. The quantitative estimate of drug-likeness (QED) is 0.816. The third-order valence-corrected chi connectivity index (χ3v) is 3.33. The number of rotatable bonds is 3. The Morgan fingerprint density at radius 2 is 1.95 bits per heavy atom. The van der Waals surface area contributed by atoms with Crippen molar-refractivity contribution in [3.05, 3.63) is 57.3 Å². The van der Waals surface area contributed by atoms with Gasteiger partial charge in [0.15, 0.2) is 0 Å². The maximum atomic E-state index is 12.5. The fourth-order valence-electron chi connectivity index (χ4n) is 1.53. The van der Waals surface area contributed by atoms with Crippen molar-refractivity contribution in [3.63, 3.8) is 0 Å². The van der Waals surface area contributed by atoms with E-state index in [9.17, 15) is 13.2 Å². The van der Waals surface area contributed by atoms with Gasteiger partial charge in [-0.3, -0.25) is 4.98 Å². The molecule has 0 bridgehead atoms. The number of anilines is 1. The molecule has 106 valence electrons. The molecule has 1 aromatic heterocycles. The molecule has 2 nitrogen and oxygen atoms in total. The second kappa shape index (κ2) is 6.01. The minimum absolute atomic E-state index is 0.0249. The molecule has 0 aliphatic rings.